The molecule has 0 spiro atoms. The molecule has 3 aromatic rings. The number of benzene rings is 3. The zero-order chi connectivity index (χ0) is 25.2. The molecule has 182 valence electrons. The first-order valence-electron chi connectivity index (χ1n) is 10.7. The number of non-ortho nitro benzene ring substituents is 1. The lowest BCUT2D eigenvalue weighted by Crippen LogP contribution is -2.33. The fourth-order valence-electron chi connectivity index (χ4n) is 2.90. The van der Waals surface area contributed by atoms with E-state index in [4.69, 9.17) is 25.8 Å². The van der Waals surface area contributed by atoms with Gasteiger partial charge in [0.25, 0.3) is 11.6 Å². The molecule has 10 heteroatoms. The van der Waals surface area contributed by atoms with E-state index in [0.29, 0.717) is 41.0 Å². The maximum atomic E-state index is 12.3. The van der Waals surface area contributed by atoms with Gasteiger partial charge in [0.1, 0.15) is 12.4 Å². The maximum absolute atomic E-state index is 12.3. The molecule has 0 aliphatic rings. The van der Waals surface area contributed by atoms with Crippen molar-refractivity contribution >= 4 is 29.4 Å². The summed E-state index contributed by atoms with van der Waals surface area (Å²) < 4.78 is 17.1. The van der Waals surface area contributed by atoms with Crippen LogP contribution in [-0.2, 0) is 11.4 Å². The molecule has 0 bridgehead atoms. The summed E-state index contributed by atoms with van der Waals surface area (Å²) in [6.07, 6.45) is 0.610. The smallest absolute Gasteiger partial charge is 0.280 e. The SMILES string of the molecule is CCOc1cc(C=NNC(=O)C(C)Oc2ccc([N+](=O)[O-])cc2)ccc1OCc1ccc(Cl)cc1. The van der Waals surface area contributed by atoms with E-state index in [0.717, 1.165) is 5.56 Å². The molecular formula is C25H24ClN3O6. The third-order valence-corrected chi connectivity index (χ3v) is 4.95. The van der Waals surface area contributed by atoms with Crippen molar-refractivity contribution in [3.8, 4) is 17.2 Å². The van der Waals surface area contributed by atoms with Gasteiger partial charge in [-0.25, -0.2) is 5.43 Å². The van der Waals surface area contributed by atoms with Crippen molar-refractivity contribution in [2.24, 2.45) is 5.10 Å². The number of nitro groups is 1. The molecule has 0 saturated heterocycles. The van der Waals surface area contributed by atoms with E-state index in [2.05, 4.69) is 10.5 Å². The number of nitrogens with zero attached hydrogens (tertiary/aromatic N) is 2. The Morgan fingerprint density at radius 2 is 1.80 bits per heavy atom. The first-order valence-corrected chi connectivity index (χ1v) is 11.1. The molecule has 3 aromatic carbocycles. The number of hydrazone groups is 1. The van der Waals surface area contributed by atoms with Crippen LogP contribution >= 0.6 is 11.6 Å². The largest absolute Gasteiger partial charge is 0.490 e. The van der Waals surface area contributed by atoms with Gasteiger partial charge < -0.3 is 14.2 Å². The molecule has 0 radical (unpaired) electrons. The molecule has 0 saturated carbocycles. The van der Waals surface area contributed by atoms with Crippen molar-refractivity contribution < 1.29 is 23.9 Å². The van der Waals surface area contributed by atoms with Crippen LogP contribution in [0.25, 0.3) is 0 Å². The average molecular weight is 498 g/mol. The molecule has 0 aromatic heterocycles. The lowest BCUT2D eigenvalue weighted by atomic mass is 10.2. The van der Waals surface area contributed by atoms with Gasteiger partial charge in [0.05, 0.1) is 17.7 Å². The number of hydrogen-bond acceptors (Lipinski definition) is 7. The fourth-order valence-corrected chi connectivity index (χ4v) is 3.03. The van der Waals surface area contributed by atoms with Gasteiger partial charge in [0, 0.05) is 17.2 Å². The first kappa shape index (κ1) is 25.5. The van der Waals surface area contributed by atoms with Crippen LogP contribution in [0.3, 0.4) is 0 Å². The van der Waals surface area contributed by atoms with Crippen LogP contribution in [-0.4, -0.2) is 29.8 Å². The monoisotopic (exact) mass is 497 g/mol. The number of carbonyl (C=O) groups is 1. The number of ether oxygens (including phenoxy) is 3. The number of rotatable bonds is 11. The van der Waals surface area contributed by atoms with E-state index in [1.807, 2.05) is 19.1 Å². The van der Waals surface area contributed by atoms with Crippen LogP contribution in [0, 0.1) is 10.1 Å². The molecule has 0 fully saturated rings. The highest BCUT2D eigenvalue weighted by atomic mass is 35.5. The van der Waals surface area contributed by atoms with Crippen LogP contribution in [0.5, 0.6) is 17.2 Å². The molecular weight excluding hydrogens is 474 g/mol. The molecule has 0 aliphatic carbocycles. The number of hydrogen-bond donors (Lipinski definition) is 1. The summed E-state index contributed by atoms with van der Waals surface area (Å²) in [7, 11) is 0. The maximum Gasteiger partial charge on any atom is 0.280 e. The minimum Gasteiger partial charge on any atom is -0.490 e. The highest BCUT2D eigenvalue weighted by molar-refractivity contribution is 6.30. The van der Waals surface area contributed by atoms with Gasteiger partial charge in [-0.05, 0) is 67.4 Å². The fraction of sp³-hybridized carbons (Fsp3) is 0.200. The lowest BCUT2D eigenvalue weighted by molar-refractivity contribution is -0.384. The molecule has 1 amide bonds. The molecule has 35 heavy (non-hydrogen) atoms. The van der Waals surface area contributed by atoms with Gasteiger partial charge in [0.2, 0.25) is 0 Å². The summed E-state index contributed by atoms with van der Waals surface area (Å²) in [6.45, 7) is 4.22. The number of nitro benzene ring substituents is 1. The minimum absolute atomic E-state index is 0.0631. The van der Waals surface area contributed by atoms with Crippen LogP contribution in [0.4, 0.5) is 5.69 Å². The second kappa shape index (κ2) is 12.4. The van der Waals surface area contributed by atoms with Gasteiger partial charge in [-0.2, -0.15) is 5.10 Å². The summed E-state index contributed by atoms with van der Waals surface area (Å²) in [6, 6.07) is 18.1. The van der Waals surface area contributed by atoms with Crippen molar-refractivity contribution in [2.75, 3.05) is 6.61 Å². The van der Waals surface area contributed by atoms with Crippen molar-refractivity contribution in [3.63, 3.8) is 0 Å². The van der Waals surface area contributed by atoms with E-state index >= 15 is 0 Å². The van der Waals surface area contributed by atoms with Gasteiger partial charge >= 0.3 is 0 Å². The standard InChI is InChI=1S/C25H24ClN3O6/c1-3-33-24-14-19(6-13-23(24)34-16-18-4-7-20(26)8-5-18)15-27-28-25(30)17(2)35-22-11-9-21(10-12-22)29(31)32/h4-15,17H,3,16H2,1-2H3,(H,28,30). The zero-order valence-electron chi connectivity index (χ0n) is 19.1. The number of halogens is 1. The second-order valence-electron chi connectivity index (χ2n) is 7.30. The normalized spacial score (nSPS) is 11.6. The summed E-state index contributed by atoms with van der Waals surface area (Å²) in [5.41, 5.74) is 4.01. The van der Waals surface area contributed by atoms with E-state index in [1.165, 1.54) is 30.5 Å². The quantitative estimate of drug-likeness (QED) is 0.223. The Bertz CT molecular complexity index is 1180. The summed E-state index contributed by atoms with van der Waals surface area (Å²) >= 11 is 5.92. The third-order valence-electron chi connectivity index (χ3n) is 4.69. The number of nitrogens with one attached hydrogen (secondary N) is 1. The average Bonchev–Trinajstić information content (AvgIpc) is 2.85. The summed E-state index contributed by atoms with van der Waals surface area (Å²) in [5, 5.41) is 15.4. The summed E-state index contributed by atoms with van der Waals surface area (Å²) in [4.78, 5) is 22.5. The molecule has 3 rings (SSSR count). The van der Waals surface area contributed by atoms with E-state index < -0.39 is 16.9 Å². The predicted octanol–water partition coefficient (Wildman–Crippen LogP) is 5.14. The van der Waals surface area contributed by atoms with E-state index in [9.17, 15) is 14.9 Å². The Labute approximate surface area is 207 Å². The van der Waals surface area contributed by atoms with Crippen molar-refractivity contribution in [3.05, 3.63) is 93.0 Å². The van der Waals surface area contributed by atoms with Crippen molar-refractivity contribution in [1.82, 2.24) is 5.43 Å². The predicted molar refractivity (Wildman–Crippen MR) is 132 cm³/mol. The highest BCUT2D eigenvalue weighted by Gasteiger charge is 2.15. The van der Waals surface area contributed by atoms with Crippen LogP contribution in [0.2, 0.25) is 5.02 Å². The second-order valence-corrected chi connectivity index (χ2v) is 7.74. The molecule has 1 N–H and O–H groups in total. The van der Waals surface area contributed by atoms with Gasteiger partial charge in [-0.1, -0.05) is 23.7 Å². The Balaban J connectivity index is 1.56. The minimum atomic E-state index is -0.865. The molecule has 1 atom stereocenters. The van der Waals surface area contributed by atoms with Crippen LogP contribution < -0.4 is 19.6 Å². The van der Waals surface area contributed by atoms with Gasteiger partial charge in [-0.3, -0.25) is 14.9 Å². The van der Waals surface area contributed by atoms with Crippen LogP contribution in [0.15, 0.2) is 71.8 Å². The van der Waals surface area contributed by atoms with E-state index in [-0.39, 0.29) is 5.69 Å². The molecule has 9 nitrogen and oxygen atoms in total. The Morgan fingerprint density at radius 3 is 2.46 bits per heavy atom. The highest BCUT2D eigenvalue weighted by Crippen LogP contribution is 2.29. The van der Waals surface area contributed by atoms with Gasteiger partial charge in [-0.15, -0.1) is 0 Å². The number of carbonyl (C=O) groups excluding carboxylic acids is 1. The van der Waals surface area contributed by atoms with Crippen LogP contribution in [0.1, 0.15) is 25.0 Å². The van der Waals surface area contributed by atoms with Crippen molar-refractivity contribution in [2.45, 2.75) is 26.6 Å². The molecule has 0 heterocycles. The molecule has 1 unspecified atom stereocenters. The van der Waals surface area contributed by atoms with E-state index in [1.54, 1.807) is 37.3 Å². The van der Waals surface area contributed by atoms with Gasteiger partial charge in [0.15, 0.2) is 17.6 Å². The summed E-state index contributed by atoms with van der Waals surface area (Å²) in [5.74, 6) is 0.977. The number of amides is 1. The van der Waals surface area contributed by atoms with Crippen molar-refractivity contribution in [1.29, 1.82) is 0 Å². The topological polar surface area (TPSA) is 112 Å². The lowest BCUT2D eigenvalue weighted by Gasteiger charge is -2.13. The third kappa shape index (κ3) is 7.72. The zero-order valence-corrected chi connectivity index (χ0v) is 19.9. The Hall–Kier alpha value is -4.11. The Morgan fingerprint density at radius 1 is 1.09 bits per heavy atom. The Kier molecular flexibility index (Phi) is 9.02. The first-order chi connectivity index (χ1) is 16.9. The molecule has 0 aliphatic heterocycles.